The number of halogens is 5. The molecule has 2 unspecified atom stereocenters. The number of piperazine rings is 1. The van der Waals surface area contributed by atoms with E-state index >= 15 is 4.39 Å². The third-order valence-corrected chi connectivity index (χ3v) is 10.2. The van der Waals surface area contributed by atoms with Crippen molar-refractivity contribution in [2.24, 2.45) is 0 Å². The lowest BCUT2D eigenvalue weighted by Crippen LogP contribution is -2.51. The molecule has 3 atom stereocenters. The molecule has 8 rings (SSSR count). The van der Waals surface area contributed by atoms with Crippen LogP contribution in [-0.4, -0.2) is 88.3 Å². The van der Waals surface area contributed by atoms with Crippen LogP contribution in [0.4, 0.5) is 27.8 Å². The molecule has 3 fully saturated rings. The highest BCUT2D eigenvalue weighted by atomic mass is 19.4. The number of fused-ring (bicyclic) bond motifs is 4. The number of terminal acetylenes is 1. The molecular formula is C34H31F5N6O3. The maximum atomic E-state index is 17.0. The fourth-order valence-electron chi connectivity index (χ4n) is 8.12. The molecule has 4 aromatic rings. The minimum absolute atomic E-state index is 0.00489. The average molecular weight is 667 g/mol. The van der Waals surface area contributed by atoms with Crippen molar-refractivity contribution in [2.75, 3.05) is 44.2 Å². The maximum absolute atomic E-state index is 17.0. The number of ether oxygens (including phenoxy) is 2. The first-order chi connectivity index (χ1) is 23.0. The Bertz CT molecular complexity index is 2000. The second kappa shape index (κ2) is 11.4. The lowest BCUT2D eigenvalue weighted by Gasteiger charge is -2.36. The summed E-state index contributed by atoms with van der Waals surface area (Å²) in [4.78, 5) is 18.2. The summed E-state index contributed by atoms with van der Waals surface area (Å²) in [5, 5.41) is 15.1. The minimum Gasteiger partial charge on any atom is -0.508 e. The van der Waals surface area contributed by atoms with Crippen LogP contribution in [-0.2, 0) is 11.2 Å². The van der Waals surface area contributed by atoms with Crippen LogP contribution < -0.4 is 15.0 Å². The molecule has 6 heterocycles. The Balaban J connectivity index is 1.27. The van der Waals surface area contributed by atoms with Gasteiger partial charge in [0.25, 0.3) is 0 Å². The predicted molar refractivity (Wildman–Crippen MR) is 167 cm³/mol. The molecule has 14 heteroatoms. The number of nitrogens with zero attached hydrogens (tertiary/aromatic N) is 5. The Morgan fingerprint density at radius 1 is 1.12 bits per heavy atom. The Hall–Kier alpha value is -4.32. The third kappa shape index (κ3) is 5.15. The van der Waals surface area contributed by atoms with E-state index in [1.54, 1.807) is 0 Å². The molecular weight excluding hydrogens is 635 g/mol. The van der Waals surface area contributed by atoms with E-state index < -0.39 is 29.6 Å². The van der Waals surface area contributed by atoms with Crippen molar-refractivity contribution in [3.63, 3.8) is 0 Å². The Morgan fingerprint density at radius 2 is 1.98 bits per heavy atom. The summed E-state index contributed by atoms with van der Waals surface area (Å²) in [5.74, 6) is 1.15. The average Bonchev–Trinajstić information content (AvgIpc) is 3.53. The third-order valence-electron chi connectivity index (χ3n) is 10.2. The van der Waals surface area contributed by atoms with E-state index in [1.807, 2.05) is 4.90 Å². The summed E-state index contributed by atoms with van der Waals surface area (Å²) in [6.07, 6.45) is 2.59. The van der Waals surface area contributed by atoms with E-state index in [-0.39, 0.29) is 65.1 Å². The number of benzene rings is 2. The van der Waals surface area contributed by atoms with E-state index in [2.05, 4.69) is 25.9 Å². The van der Waals surface area contributed by atoms with Crippen LogP contribution in [0.15, 0.2) is 24.3 Å². The molecule has 2 aromatic heterocycles. The van der Waals surface area contributed by atoms with E-state index in [4.69, 9.17) is 21.1 Å². The molecule has 0 radical (unpaired) electrons. The molecule has 0 saturated carbocycles. The van der Waals surface area contributed by atoms with Gasteiger partial charge in [-0.3, -0.25) is 9.64 Å². The normalized spacial score (nSPS) is 24.0. The van der Waals surface area contributed by atoms with Crippen LogP contribution in [0.5, 0.6) is 11.8 Å². The van der Waals surface area contributed by atoms with Gasteiger partial charge < -0.3 is 20.1 Å². The molecule has 4 aliphatic heterocycles. The quantitative estimate of drug-likeness (QED) is 0.224. The van der Waals surface area contributed by atoms with Crippen molar-refractivity contribution in [1.29, 1.82) is 0 Å². The molecule has 0 bridgehead atoms. The van der Waals surface area contributed by atoms with E-state index in [1.165, 1.54) is 24.3 Å². The van der Waals surface area contributed by atoms with Gasteiger partial charge in [-0.2, -0.15) is 9.97 Å². The van der Waals surface area contributed by atoms with Crippen molar-refractivity contribution >= 4 is 27.5 Å². The molecule has 48 heavy (non-hydrogen) atoms. The van der Waals surface area contributed by atoms with Crippen LogP contribution in [0.2, 0.25) is 0 Å². The van der Waals surface area contributed by atoms with Crippen molar-refractivity contribution in [2.45, 2.75) is 56.2 Å². The number of phenolic OH excluding ortho intramolecular Hbond substituents is 1. The van der Waals surface area contributed by atoms with Crippen LogP contribution in [0.3, 0.4) is 0 Å². The number of aryl methyl sites for hydroxylation is 1. The monoisotopic (exact) mass is 666 g/mol. The number of rotatable bonds is 5. The van der Waals surface area contributed by atoms with Crippen LogP contribution in [0.1, 0.15) is 36.9 Å². The molecule has 0 amide bonds. The molecule has 250 valence electrons. The van der Waals surface area contributed by atoms with E-state index in [9.17, 15) is 22.7 Å². The number of anilines is 1. The first kappa shape index (κ1) is 31.0. The zero-order valence-electron chi connectivity index (χ0n) is 25.7. The maximum Gasteiger partial charge on any atom is 0.522 e. The van der Waals surface area contributed by atoms with Crippen LogP contribution in [0, 0.1) is 24.0 Å². The van der Waals surface area contributed by atoms with Gasteiger partial charge >= 0.3 is 12.4 Å². The van der Waals surface area contributed by atoms with Crippen LogP contribution in [0.25, 0.3) is 32.9 Å². The molecule has 4 aliphatic rings. The van der Waals surface area contributed by atoms with Gasteiger partial charge in [-0.15, -0.1) is 19.6 Å². The van der Waals surface area contributed by atoms with Gasteiger partial charge in [0.2, 0.25) is 0 Å². The zero-order chi connectivity index (χ0) is 33.4. The fourth-order valence-corrected chi connectivity index (χ4v) is 8.12. The molecule has 2 N–H and O–H groups in total. The van der Waals surface area contributed by atoms with Gasteiger partial charge in [0, 0.05) is 43.2 Å². The Labute approximate surface area is 272 Å². The molecule has 3 saturated heterocycles. The number of aromatic hydroxyl groups is 1. The highest BCUT2D eigenvalue weighted by Crippen LogP contribution is 2.44. The van der Waals surface area contributed by atoms with E-state index in [0.717, 1.165) is 6.42 Å². The number of nitrogens with one attached hydrogen (secondary N) is 1. The highest BCUT2D eigenvalue weighted by Gasteiger charge is 2.52. The first-order valence-electron chi connectivity index (χ1n) is 16.0. The minimum atomic E-state index is -4.75. The largest absolute Gasteiger partial charge is 0.522 e. The number of phenols is 1. The lowest BCUT2D eigenvalue weighted by atomic mass is 9.94. The SMILES string of the molecule is C#Cc1c(F)ccc2cc(O)cc(-c3nc4c5c(nc(OCC67CCCN6CC(OC(F)(F)F)C7)nc5c3F)N3CCNC[C@H]3CC4)c12. The summed E-state index contributed by atoms with van der Waals surface area (Å²) in [6.45, 7) is 2.67. The Kier molecular flexibility index (Phi) is 7.35. The number of aromatic nitrogens is 3. The fraction of sp³-hybridized carbons (Fsp3) is 0.441. The summed E-state index contributed by atoms with van der Waals surface area (Å²) in [7, 11) is 0. The summed E-state index contributed by atoms with van der Waals surface area (Å²) in [6, 6.07) is 5.29. The molecule has 9 nitrogen and oxygen atoms in total. The van der Waals surface area contributed by atoms with Crippen LogP contribution >= 0.6 is 0 Å². The van der Waals surface area contributed by atoms with Crippen molar-refractivity contribution in [1.82, 2.24) is 25.2 Å². The Morgan fingerprint density at radius 3 is 2.79 bits per heavy atom. The second-order valence-electron chi connectivity index (χ2n) is 13.0. The van der Waals surface area contributed by atoms with Crippen molar-refractivity contribution in [3.05, 3.63) is 47.2 Å². The summed E-state index contributed by atoms with van der Waals surface area (Å²) < 4.78 is 81.7. The molecule has 2 aromatic carbocycles. The van der Waals surface area contributed by atoms with Gasteiger partial charge in [-0.25, -0.2) is 13.8 Å². The number of pyridine rings is 1. The van der Waals surface area contributed by atoms with Crippen molar-refractivity contribution < 1.29 is 36.5 Å². The number of hydrogen-bond donors (Lipinski definition) is 2. The van der Waals surface area contributed by atoms with Gasteiger partial charge in [-0.05, 0) is 62.2 Å². The number of alkyl halides is 3. The van der Waals surface area contributed by atoms with Gasteiger partial charge in [0.15, 0.2) is 5.82 Å². The van der Waals surface area contributed by atoms with Gasteiger partial charge in [0.05, 0.1) is 28.3 Å². The predicted octanol–water partition coefficient (Wildman–Crippen LogP) is 5.06. The number of hydrogen-bond acceptors (Lipinski definition) is 9. The molecule has 0 aliphatic carbocycles. The molecule has 0 spiro atoms. The zero-order valence-corrected chi connectivity index (χ0v) is 25.7. The summed E-state index contributed by atoms with van der Waals surface area (Å²) in [5.41, 5.74) is -0.358. The second-order valence-corrected chi connectivity index (χ2v) is 13.0. The lowest BCUT2D eigenvalue weighted by molar-refractivity contribution is -0.340. The smallest absolute Gasteiger partial charge is 0.508 e. The highest BCUT2D eigenvalue weighted by molar-refractivity contribution is 6.03. The van der Waals surface area contributed by atoms with Gasteiger partial charge in [0.1, 0.15) is 35.2 Å². The standard InChI is InChI=1S/C34H31F5N6O3/c1-2-22-24(35)6-4-18-12-20(46)13-23(26(18)22)29-28(36)30-27-25(41-29)7-5-19-15-40-9-11-45(19)31(27)43-32(42-30)47-17-33-8-3-10-44(33)16-21(14-33)48-34(37,38)39/h1,4,6,12-13,19,21,40,46H,3,5,7-11,14-17H2/t19-,21?,33?/m1/s1. The first-order valence-corrected chi connectivity index (χ1v) is 16.0. The van der Waals surface area contributed by atoms with E-state index in [0.29, 0.717) is 67.7 Å². The summed E-state index contributed by atoms with van der Waals surface area (Å²) >= 11 is 0. The van der Waals surface area contributed by atoms with Crippen molar-refractivity contribution in [3.8, 4) is 35.4 Å². The topological polar surface area (TPSA) is 95.9 Å². The van der Waals surface area contributed by atoms with Gasteiger partial charge in [-0.1, -0.05) is 12.0 Å².